The maximum atomic E-state index is 13.8. The zero-order chi connectivity index (χ0) is 48.5. The van der Waals surface area contributed by atoms with E-state index < -0.39 is 5.83 Å². The molecule has 5 heterocycles. The number of halogens is 1. The summed E-state index contributed by atoms with van der Waals surface area (Å²) in [5.74, 6) is 0.0113. The molecule has 2 N–H and O–H groups in total. The van der Waals surface area contributed by atoms with Crippen molar-refractivity contribution in [1.82, 2.24) is 35.2 Å². The zero-order valence-electron chi connectivity index (χ0n) is 42.1. The monoisotopic (exact) mass is 950 g/mol. The highest BCUT2D eigenvalue weighted by Gasteiger charge is 2.47. The number of fused-ring (bicyclic) bond motifs is 1. The Labute approximate surface area is 411 Å². The number of aryl methyl sites for hydroxylation is 1. The van der Waals surface area contributed by atoms with Crippen LogP contribution in [0.2, 0.25) is 0 Å². The number of nitrogens with one attached hydrogen (secondary N) is 2. The van der Waals surface area contributed by atoms with Gasteiger partial charge in [0.25, 0.3) is 0 Å². The molecule has 0 radical (unpaired) electrons. The molecule has 6 rings (SSSR count). The van der Waals surface area contributed by atoms with E-state index in [-0.39, 0.29) is 23.0 Å². The van der Waals surface area contributed by atoms with Gasteiger partial charge in [-0.1, -0.05) is 79.0 Å². The molecule has 0 amide bonds. The summed E-state index contributed by atoms with van der Waals surface area (Å²) < 4.78 is 22.2. The molecule has 2 fully saturated rings. The molecule has 2 saturated heterocycles. The number of pyridine rings is 1. The summed E-state index contributed by atoms with van der Waals surface area (Å²) in [6.45, 7) is 40.7. The number of ether oxygens (including phenoxy) is 1. The number of unbranched alkanes of at least 4 members (excludes halogenated alkanes) is 1. The van der Waals surface area contributed by atoms with Crippen molar-refractivity contribution in [3.05, 3.63) is 120 Å². The van der Waals surface area contributed by atoms with E-state index in [1.54, 1.807) is 24.6 Å². The minimum atomic E-state index is -0.421. The summed E-state index contributed by atoms with van der Waals surface area (Å²) in [4.78, 5) is 16.3. The standard InChI is InChI=1S/C56H80FN7OS2/c1-14-17-26-55(11,12)34-48-47-32-44(24-25-50(47)64(16-3)54(48)46-23-20-29-58-52(46)42(9)65-13)49-35-66-51(60-49)33-45(22-19-18-21-39(6)61-59-15-2)67-43(10)53(38(4)5)62-30-27-56(28-31-62)36-63(37-56)41(8)40(7)57/h14-15,20,23-25,29,32,35,38-39,42,45,53,59,61H,1-2,7-8,10,16-19,21-22,26-28,30-31,33-34,36-37H2,3-6,9,11-13H3. The van der Waals surface area contributed by atoms with E-state index in [1.807, 2.05) is 24.0 Å². The van der Waals surface area contributed by atoms with Gasteiger partial charge in [0.1, 0.15) is 5.83 Å². The van der Waals surface area contributed by atoms with Crippen molar-refractivity contribution < 1.29 is 9.13 Å². The number of nitrogens with zero attached hydrogens (tertiary/aromatic N) is 5. The first-order chi connectivity index (χ1) is 32.0. The summed E-state index contributed by atoms with van der Waals surface area (Å²) in [6.07, 6.45) is 16.0. The molecule has 8 nitrogen and oxygen atoms in total. The largest absolute Gasteiger partial charge is 0.375 e. The van der Waals surface area contributed by atoms with Gasteiger partial charge >= 0.3 is 0 Å². The summed E-state index contributed by atoms with van der Waals surface area (Å²) in [7, 11) is 1.76. The van der Waals surface area contributed by atoms with E-state index >= 15 is 0 Å². The quantitative estimate of drug-likeness (QED) is 0.0265. The summed E-state index contributed by atoms with van der Waals surface area (Å²) in [5.41, 5.74) is 15.2. The molecule has 0 aliphatic carbocycles. The van der Waals surface area contributed by atoms with Crippen molar-refractivity contribution in [2.45, 2.75) is 143 Å². The van der Waals surface area contributed by atoms with Gasteiger partial charge in [-0.2, -0.15) is 0 Å². The smallest absolute Gasteiger partial charge is 0.138 e. The number of piperidine rings is 1. The Hall–Kier alpha value is -4.00. The van der Waals surface area contributed by atoms with Crippen LogP contribution >= 0.6 is 23.1 Å². The number of benzene rings is 1. The highest BCUT2D eigenvalue weighted by atomic mass is 32.2. The molecule has 1 aromatic carbocycles. The molecular weight excluding hydrogens is 870 g/mol. The predicted octanol–water partition coefficient (Wildman–Crippen LogP) is 13.9. The van der Waals surface area contributed by atoms with E-state index in [4.69, 9.17) is 21.3 Å². The number of thiazole rings is 1. The van der Waals surface area contributed by atoms with Crippen LogP contribution in [0.4, 0.5) is 4.39 Å². The molecule has 2 aliphatic heterocycles. The average molecular weight is 950 g/mol. The Morgan fingerprint density at radius 3 is 2.45 bits per heavy atom. The first-order valence-corrected chi connectivity index (χ1v) is 26.5. The number of aromatic nitrogens is 3. The lowest BCUT2D eigenvalue weighted by molar-refractivity contribution is -0.0351. The topological polar surface area (TPSA) is 70.5 Å². The number of rotatable bonds is 27. The lowest BCUT2D eigenvalue weighted by atomic mass is 9.71. The number of hydrogen-bond acceptors (Lipinski definition) is 9. The van der Waals surface area contributed by atoms with Gasteiger partial charge in [-0.05, 0) is 125 Å². The van der Waals surface area contributed by atoms with Gasteiger partial charge in [0.2, 0.25) is 0 Å². The van der Waals surface area contributed by atoms with Crippen molar-refractivity contribution in [2.75, 3.05) is 33.3 Å². The van der Waals surface area contributed by atoms with Gasteiger partial charge in [0.15, 0.2) is 0 Å². The van der Waals surface area contributed by atoms with Crippen molar-refractivity contribution in [3.63, 3.8) is 0 Å². The lowest BCUT2D eigenvalue weighted by Gasteiger charge is -2.56. The molecule has 67 heavy (non-hydrogen) atoms. The van der Waals surface area contributed by atoms with Crippen LogP contribution in [0.1, 0.15) is 122 Å². The number of allylic oxidation sites excluding steroid dienone is 2. The molecule has 1 spiro atoms. The van der Waals surface area contributed by atoms with Crippen molar-refractivity contribution >= 4 is 34.0 Å². The van der Waals surface area contributed by atoms with Gasteiger partial charge in [-0.25, -0.2) is 14.8 Å². The second kappa shape index (κ2) is 23.5. The maximum Gasteiger partial charge on any atom is 0.138 e. The second-order valence-corrected chi connectivity index (χ2v) is 22.8. The number of hydrazine groups is 1. The SMILES string of the molecule is C=CCCC(C)(C)Cc1c(-c2cccnc2C(C)OC)n(CC)c2ccc(-c3csc(CC(CCCCC(C)NNC=C)SC(=C)C(C(C)C)N4CCC5(CC4)CN(C(=C)C(=C)F)C5)n3)cc12. The highest BCUT2D eigenvalue weighted by molar-refractivity contribution is 8.03. The molecule has 4 aromatic rings. The molecule has 4 unspecified atom stereocenters. The first-order valence-electron chi connectivity index (χ1n) is 24.7. The molecule has 2 aliphatic rings. The Kier molecular flexibility index (Phi) is 18.4. The van der Waals surface area contributed by atoms with Crippen LogP contribution in [-0.2, 0) is 24.1 Å². The third-order valence-corrected chi connectivity index (χ3v) is 16.5. The Bertz CT molecular complexity index is 2330. The van der Waals surface area contributed by atoms with Crippen LogP contribution in [0.3, 0.4) is 0 Å². The van der Waals surface area contributed by atoms with Crippen LogP contribution < -0.4 is 10.9 Å². The van der Waals surface area contributed by atoms with E-state index in [2.05, 4.69) is 136 Å². The number of methoxy groups -OCH3 is 1. The van der Waals surface area contributed by atoms with Gasteiger partial charge in [-0.3, -0.25) is 9.88 Å². The Morgan fingerprint density at radius 2 is 1.79 bits per heavy atom. The molecule has 364 valence electrons. The number of hydrogen-bond donors (Lipinski definition) is 2. The molecule has 4 atom stereocenters. The lowest BCUT2D eigenvalue weighted by Crippen LogP contribution is -2.60. The van der Waals surface area contributed by atoms with Gasteiger partial charge in [-0.15, -0.1) is 29.7 Å². The van der Waals surface area contributed by atoms with Crippen LogP contribution in [0.15, 0.2) is 104 Å². The van der Waals surface area contributed by atoms with Crippen molar-refractivity contribution in [1.29, 1.82) is 0 Å². The summed E-state index contributed by atoms with van der Waals surface area (Å²) >= 11 is 3.78. The number of thioether (sulfide) groups is 1. The van der Waals surface area contributed by atoms with Crippen LogP contribution in [0.25, 0.3) is 33.4 Å². The van der Waals surface area contributed by atoms with Crippen molar-refractivity contribution in [3.8, 4) is 22.5 Å². The maximum absolute atomic E-state index is 13.8. The fourth-order valence-corrected chi connectivity index (χ4v) is 13.0. The van der Waals surface area contributed by atoms with Crippen LogP contribution in [0.5, 0.6) is 0 Å². The molecule has 11 heteroatoms. The Balaban J connectivity index is 1.26. The zero-order valence-corrected chi connectivity index (χ0v) is 43.7. The summed E-state index contributed by atoms with van der Waals surface area (Å²) in [5, 5.41) is 5.07. The highest BCUT2D eigenvalue weighted by Crippen LogP contribution is 2.46. The third-order valence-electron chi connectivity index (χ3n) is 14.4. The second-order valence-electron chi connectivity index (χ2n) is 20.4. The number of likely N-dealkylation sites (tertiary alicyclic amines) is 2. The fourth-order valence-electron chi connectivity index (χ4n) is 10.5. The van der Waals surface area contributed by atoms with Crippen molar-refractivity contribution in [2.24, 2.45) is 16.7 Å². The van der Waals surface area contributed by atoms with E-state index in [0.29, 0.717) is 22.9 Å². The summed E-state index contributed by atoms with van der Waals surface area (Å²) in [6, 6.07) is 11.9. The van der Waals surface area contributed by atoms with E-state index in [1.165, 1.54) is 32.1 Å². The Morgan fingerprint density at radius 1 is 1.06 bits per heavy atom. The molecule has 3 aromatic heterocycles. The molecule has 0 bridgehead atoms. The normalized spacial score (nSPS) is 17.0. The predicted molar refractivity (Wildman–Crippen MR) is 286 cm³/mol. The van der Waals surface area contributed by atoms with Crippen LogP contribution in [-0.4, -0.2) is 75.0 Å². The van der Waals surface area contributed by atoms with Gasteiger partial charge in [0, 0.05) is 95.7 Å². The third kappa shape index (κ3) is 12.8. The average Bonchev–Trinajstić information content (AvgIpc) is 3.89. The minimum Gasteiger partial charge on any atom is -0.375 e. The van der Waals surface area contributed by atoms with Crippen LogP contribution in [0, 0.1) is 16.7 Å². The van der Waals surface area contributed by atoms with E-state index in [0.717, 1.165) is 119 Å². The van der Waals surface area contributed by atoms with E-state index in [9.17, 15) is 4.39 Å². The first kappa shape index (κ1) is 52.4. The van der Waals surface area contributed by atoms with Gasteiger partial charge < -0.3 is 19.6 Å². The minimum absolute atomic E-state index is 0.0506. The fraction of sp³-hybridized carbons (Fsp3) is 0.536. The molecular formula is C56H80FN7OS2. The van der Waals surface area contributed by atoms with Gasteiger partial charge in [0.05, 0.1) is 33.9 Å². The molecule has 0 saturated carbocycles.